The molecule has 15 heteroatoms. The van der Waals surface area contributed by atoms with Gasteiger partial charge in [-0.3, -0.25) is 20.1 Å². The standard InChI is InChI=1S/C16H12F5N3O6S/c17-11-12(18)14(20)16(15(21)13(11)19)31(29,30)23(6-5-10(25)22-26)7-8-1-3-9(4-2-8)24(27)28/h1-4,26H,5-7H2,(H,22,25). The van der Waals surface area contributed by atoms with E-state index in [-0.39, 0.29) is 15.6 Å². The van der Waals surface area contributed by atoms with Gasteiger partial charge < -0.3 is 0 Å². The number of amides is 1. The molecule has 9 nitrogen and oxygen atoms in total. The van der Waals surface area contributed by atoms with Crippen LogP contribution in [0, 0.1) is 39.2 Å². The minimum absolute atomic E-state index is 0.0300. The highest BCUT2D eigenvalue weighted by Crippen LogP contribution is 2.30. The van der Waals surface area contributed by atoms with E-state index in [0.717, 1.165) is 24.3 Å². The number of sulfonamides is 1. The third kappa shape index (κ3) is 4.95. The second-order valence-electron chi connectivity index (χ2n) is 5.95. The van der Waals surface area contributed by atoms with Gasteiger partial charge in [0.2, 0.25) is 21.7 Å². The van der Waals surface area contributed by atoms with Crippen LogP contribution in [0.3, 0.4) is 0 Å². The van der Waals surface area contributed by atoms with Crippen LogP contribution in [0.15, 0.2) is 29.2 Å². The molecule has 2 aromatic rings. The van der Waals surface area contributed by atoms with Gasteiger partial charge in [-0.15, -0.1) is 0 Å². The molecule has 0 heterocycles. The number of non-ortho nitro benzene ring substituents is 1. The zero-order valence-electron chi connectivity index (χ0n) is 15.1. The topological polar surface area (TPSA) is 130 Å². The number of carbonyl (C=O) groups is 1. The van der Waals surface area contributed by atoms with Crippen LogP contribution in [0.2, 0.25) is 0 Å². The third-order valence-electron chi connectivity index (χ3n) is 3.99. The van der Waals surface area contributed by atoms with Gasteiger partial charge in [-0.1, -0.05) is 12.1 Å². The number of carbonyl (C=O) groups excluding carboxylic acids is 1. The SMILES string of the molecule is O=C(CCN(Cc1ccc([N+](=O)[O-])cc1)S(=O)(=O)c1c(F)c(F)c(F)c(F)c1F)NO. The zero-order chi connectivity index (χ0) is 23.5. The summed E-state index contributed by atoms with van der Waals surface area (Å²) in [5.74, 6) is -13.8. The van der Waals surface area contributed by atoms with Crippen molar-refractivity contribution in [3.05, 3.63) is 69.0 Å². The zero-order valence-corrected chi connectivity index (χ0v) is 15.9. The maximum Gasteiger partial charge on any atom is 0.269 e. The molecule has 0 saturated carbocycles. The molecular weight excluding hydrogens is 457 g/mol. The predicted octanol–water partition coefficient (Wildman–Crippen LogP) is 2.38. The predicted molar refractivity (Wildman–Crippen MR) is 91.5 cm³/mol. The normalized spacial score (nSPS) is 11.6. The number of halogens is 5. The first-order chi connectivity index (χ1) is 14.4. The van der Waals surface area contributed by atoms with Gasteiger partial charge >= 0.3 is 0 Å². The van der Waals surface area contributed by atoms with Crippen molar-refractivity contribution in [2.75, 3.05) is 6.54 Å². The molecule has 0 radical (unpaired) electrons. The number of rotatable bonds is 8. The van der Waals surface area contributed by atoms with Crippen molar-refractivity contribution in [2.45, 2.75) is 17.9 Å². The summed E-state index contributed by atoms with van der Waals surface area (Å²) in [6, 6.07) is 4.15. The Hall–Kier alpha value is -3.17. The van der Waals surface area contributed by atoms with Crippen LogP contribution in [-0.4, -0.2) is 35.3 Å². The number of hydroxylamine groups is 1. The lowest BCUT2D eigenvalue weighted by Crippen LogP contribution is -2.35. The van der Waals surface area contributed by atoms with E-state index >= 15 is 0 Å². The fourth-order valence-electron chi connectivity index (χ4n) is 2.43. The Bertz CT molecular complexity index is 1100. The molecule has 31 heavy (non-hydrogen) atoms. The van der Waals surface area contributed by atoms with Crippen molar-refractivity contribution in [3.8, 4) is 0 Å². The minimum atomic E-state index is -5.41. The van der Waals surface area contributed by atoms with E-state index in [1.807, 2.05) is 0 Å². The smallest absolute Gasteiger partial charge is 0.269 e. The maximum atomic E-state index is 14.1. The number of hydrogen-bond donors (Lipinski definition) is 2. The number of nitro benzene ring substituents is 1. The van der Waals surface area contributed by atoms with Crippen LogP contribution in [0.4, 0.5) is 27.6 Å². The highest BCUT2D eigenvalue weighted by molar-refractivity contribution is 7.89. The average Bonchev–Trinajstić information content (AvgIpc) is 2.73. The van der Waals surface area contributed by atoms with Gasteiger partial charge in [0.25, 0.3) is 5.69 Å². The molecule has 0 aromatic heterocycles. The summed E-state index contributed by atoms with van der Waals surface area (Å²) in [6.45, 7) is -1.59. The largest absolute Gasteiger partial charge is 0.289 e. The first-order valence-corrected chi connectivity index (χ1v) is 9.53. The second-order valence-corrected chi connectivity index (χ2v) is 7.82. The minimum Gasteiger partial charge on any atom is -0.289 e. The van der Waals surface area contributed by atoms with E-state index in [2.05, 4.69) is 0 Å². The lowest BCUT2D eigenvalue weighted by atomic mass is 10.2. The van der Waals surface area contributed by atoms with Crippen molar-refractivity contribution in [2.24, 2.45) is 0 Å². The van der Waals surface area contributed by atoms with Crippen LogP contribution in [-0.2, 0) is 21.4 Å². The van der Waals surface area contributed by atoms with Gasteiger partial charge in [-0.2, -0.15) is 4.31 Å². The van der Waals surface area contributed by atoms with Gasteiger partial charge in [0.1, 0.15) is 0 Å². The van der Waals surface area contributed by atoms with Gasteiger partial charge in [0, 0.05) is 31.6 Å². The second kappa shape index (κ2) is 9.32. The molecule has 0 aliphatic carbocycles. The number of nitro groups is 1. The molecule has 2 rings (SSSR count). The summed E-state index contributed by atoms with van der Waals surface area (Å²) in [4.78, 5) is 19.1. The molecule has 0 aliphatic heterocycles. The average molecular weight is 469 g/mol. The van der Waals surface area contributed by atoms with Crippen LogP contribution >= 0.6 is 0 Å². The first kappa shape index (κ1) is 24.1. The molecular formula is C16H12F5N3O6S. The number of hydrogen-bond acceptors (Lipinski definition) is 6. The van der Waals surface area contributed by atoms with Crippen molar-refractivity contribution in [1.29, 1.82) is 0 Å². The van der Waals surface area contributed by atoms with Crippen LogP contribution in [0.5, 0.6) is 0 Å². The molecule has 0 fully saturated rings. The van der Waals surface area contributed by atoms with Crippen LogP contribution in [0.25, 0.3) is 0 Å². The number of benzene rings is 2. The van der Waals surface area contributed by atoms with Gasteiger partial charge in [0.15, 0.2) is 28.2 Å². The highest BCUT2D eigenvalue weighted by atomic mass is 32.2. The Morgan fingerprint density at radius 2 is 1.48 bits per heavy atom. The summed E-state index contributed by atoms with van der Waals surface area (Å²) < 4.78 is 94.2. The van der Waals surface area contributed by atoms with E-state index in [0.29, 0.717) is 0 Å². The van der Waals surface area contributed by atoms with Crippen LogP contribution in [0.1, 0.15) is 12.0 Å². The fourth-order valence-corrected chi connectivity index (χ4v) is 3.97. The van der Waals surface area contributed by atoms with Crippen molar-refractivity contribution in [1.82, 2.24) is 9.79 Å². The highest BCUT2D eigenvalue weighted by Gasteiger charge is 2.37. The lowest BCUT2D eigenvalue weighted by Gasteiger charge is -2.23. The number of nitrogens with zero attached hydrogens (tertiary/aromatic N) is 2. The Morgan fingerprint density at radius 1 is 1.00 bits per heavy atom. The van der Waals surface area contributed by atoms with Crippen LogP contribution < -0.4 is 5.48 Å². The van der Waals surface area contributed by atoms with Crippen molar-refractivity contribution >= 4 is 21.6 Å². The monoisotopic (exact) mass is 469 g/mol. The third-order valence-corrected chi connectivity index (χ3v) is 5.85. The van der Waals surface area contributed by atoms with Gasteiger partial charge in [0.05, 0.1) is 4.92 Å². The molecule has 0 unspecified atom stereocenters. The number of nitrogens with one attached hydrogen (secondary N) is 1. The van der Waals surface area contributed by atoms with E-state index in [1.54, 1.807) is 0 Å². The quantitative estimate of drug-likeness (QED) is 0.153. The van der Waals surface area contributed by atoms with Crippen molar-refractivity contribution < 1.29 is 45.3 Å². The van der Waals surface area contributed by atoms with E-state index in [1.165, 1.54) is 5.48 Å². The van der Waals surface area contributed by atoms with Gasteiger partial charge in [-0.05, 0) is 5.56 Å². The summed E-state index contributed by atoms with van der Waals surface area (Å²) in [5, 5.41) is 19.2. The molecule has 0 bridgehead atoms. The molecule has 0 saturated heterocycles. The Labute approximate surface area is 170 Å². The molecule has 0 spiro atoms. The van der Waals surface area contributed by atoms with Crippen molar-refractivity contribution in [3.63, 3.8) is 0 Å². The van der Waals surface area contributed by atoms with E-state index in [9.17, 15) is 45.3 Å². The summed E-state index contributed by atoms with van der Waals surface area (Å²) >= 11 is 0. The summed E-state index contributed by atoms with van der Waals surface area (Å²) in [7, 11) is -5.41. The Kier molecular flexibility index (Phi) is 7.24. The first-order valence-electron chi connectivity index (χ1n) is 8.09. The van der Waals surface area contributed by atoms with Gasteiger partial charge in [-0.25, -0.2) is 35.8 Å². The molecule has 168 valence electrons. The molecule has 0 aliphatic rings. The van der Waals surface area contributed by atoms with E-state index in [4.69, 9.17) is 5.21 Å². The van der Waals surface area contributed by atoms with E-state index < -0.39 is 74.3 Å². The Balaban J connectivity index is 2.55. The summed E-state index contributed by atoms with van der Waals surface area (Å²) in [5.41, 5.74) is 0.857. The molecule has 0 atom stereocenters. The maximum absolute atomic E-state index is 14.1. The molecule has 2 N–H and O–H groups in total. The molecule has 2 aromatic carbocycles. The molecule has 1 amide bonds. The lowest BCUT2D eigenvalue weighted by molar-refractivity contribution is -0.384. The Morgan fingerprint density at radius 3 is 1.94 bits per heavy atom. The fraction of sp³-hybridized carbons (Fsp3) is 0.188. The summed E-state index contributed by atoms with van der Waals surface area (Å²) in [6.07, 6.45) is -0.752.